The summed E-state index contributed by atoms with van der Waals surface area (Å²) in [4.78, 5) is 8.86. The molecule has 0 spiro atoms. The first kappa shape index (κ1) is 17.6. The van der Waals surface area contributed by atoms with Crippen molar-refractivity contribution in [2.75, 3.05) is 36.0 Å². The van der Waals surface area contributed by atoms with Gasteiger partial charge in [0.05, 0.1) is 0 Å². The summed E-state index contributed by atoms with van der Waals surface area (Å²) in [7, 11) is 0. The van der Waals surface area contributed by atoms with E-state index in [2.05, 4.69) is 40.8 Å². The Morgan fingerprint density at radius 1 is 1.20 bits per heavy atom. The summed E-state index contributed by atoms with van der Waals surface area (Å²) in [6, 6.07) is 10.1. The van der Waals surface area contributed by atoms with E-state index in [-0.39, 0.29) is 5.92 Å². The normalized spacial score (nSPS) is 14.8. The minimum absolute atomic E-state index is 0.272. The molecule has 0 N–H and O–H groups in total. The molecule has 132 valence electrons. The van der Waals surface area contributed by atoms with Crippen molar-refractivity contribution in [3.05, 3.63) is 40.9 Å². The Morgan fingerprint density at radius 3 is 2.48 bits per heavy atom. The minimum atomic E-state index is 0.272. The molecule has 25 heavy (non-hydrogen) atoms. The van der Waals surface area contributed by atoms with E-state index in [0.29, 0.717) is 17.5 Å². The molecule has 6 heteroatoms. The third-order valence-electron chi connectivity index (χ3n) is 4.81. The van der Waals surface area contributed by atoms with E-state index in [0.717, 1.165) is 49.7 Å². The lowest BCUT2D eigenvalue weighted by atomic mass is 10.0. The number of anilines is 2. The van der Waals surface area contributed by atoms with E-state index in [1.54, 1.807) is 0 Å². The van der Waals surface area contributed by atoms with Crippen LogP contribution in [-0.2, 0) is 0 Å². The van der Waals surface area contributed by atoms with Crippen LogP contribution in [0.3, 0.4) is 0 Å². The Hall–Kier alpha value is -2.19. The third-order valence-corrected chi connectivity index (χ3v) is 5.04. The first-order valence-electron chi connectivity index (χ1n) is 8.82. The van der Waals surface area contributed by atoms with Crippen LogP contribution in [-0.4, -0.2) is 31.2 Å². The van der Waals surface area contributed by atoms with Crippen molar-refractivity contribution in [1.82, 2.24) is 4.98 Å². The number of piperazine rings is 1. The Balaban J connectivity index is 1.73. The molecule has 1 aliphatic rings. The molecule has 0 amide bonds. The molecule has 0 aliphatic carbocycles. The summed E-state index contributed by atoms with van der Waals surface area (Å²) in [5, 5.41) is 10.2. The number of hydrogen-bond donors (Lipinski definition) is 0. The first-order valence-corrected chi connectivity index (χ1v) is 9.20. The summed E-state index contributed by atoms with van der Waals surface area (Å²) >= 11 is 6.09. The fraction of sp³-hybridized carbons (Fsp3) is 0.474. The van der Waals surface area contributed by atoms with Crippen LogP contribution in [0.4, 0.5) is 11.6 Å². The smallest absolute Gasteiger partial charge is 0.234 e. The van der Waals surface area contributed by atoms with Gasteiger partial charge in [0.2, 0.25) is 17.5 Å². The van der Waals surface area contributed by atoms with Gasteiger partial charge >= 0.3 is 0 Å². The standard InChI is InChI=1S/C19H23ClN4O/c1-3-14(4-2)18-22-17(13-21)19(25-18)24-10-8-23(9-11-24)16-7-5-6-15(20)12-16/h5-7,12,14H,3-4,8-11H2,1-2H3. The molecule has 0 bridgehead atoms. The second kappa shape index (κ2) is 7.79. The van der Waals surface area contributed by atoms with Gasteiger partial charge in [0.1, 0.15) is 6.07 Å². The quantitative estimate of drug-likeness (QED) is 0.791. The summed E-state index contributed by atoms with van der Waals surface area (Å²) in [5.41, 5.74) is 1.53. The molecule has 1 aromatic heterocycles. The van der Waals surface area contributed by atoms with Crippen LogP contribution in [0, 0.1) is 11.3 Å². The summed E-state index contributed by atoms with van der Waals surface area (Å²) < 4.78 is 6.00. The molecule has 2 heterocycles. The predicted molar refractivity (Wildman–Crippen MR) is 100 cm³/mol. The highest BCUT2D eigenvalue weighted by molar-refractivity contribution is 6.30. The second-order valence-corrected chi connectivity index (χ2v) is 6.72. The van der Waals surface area contributed by atoms with Crippen molar-refractivity contribution in [3.8, 4) is 6.07 Å². The zero-order valence-corrected chi connectivity index (χ0v) is 15.5. The van der Waals surface area contributed by atoms with Gasteiger partial charge in [-0.25, -0.2) is 4.98 Å². The lowest BCUT2D eigenvalue weighted by Gasteiger charge is -2.36. The number of rotatable bonds is 5. The molecule has 3 rings (SSSR count). The zero-order chi connectivity index (χ0) is 17.8. The molecular weight excluding hydrogens is 336 g/mol. The Bertz CT molecular complexity index is 755. The highest BCUT2D eigenvalue weighted by atomic mass is 35.5. The summed E-state index contributed by atoms with van der Waals surface area (Å²) in [5.74, 6) is 1.58. The van der Waals surface area contributed by atoms with Crippen LogP contribution >= 0.6 is 11.6 Å². The van der Waals surface area contributed by atoms with Crippen molar-refractivity contribution in [2.24, 2.45) is 0 Å². The number of aromatic nitrogens is 1. The molecule has 1 aliphatic heterocycles. The van der Waals surface area contributed by atoms with Gasteiger partial charge < -0.3 is 14.2 Å². The molecular formula is C19H23ClN4O. The largest absolute Gasteiger partial charge is 0.423 e. The molecule has 1 aromatic carbocycles. The summed E-state index contributed by atoms with van der Waals surface area (Å²) in [6.45, 7) is 7.53. The van der Waals surface area contributed by atoms with E-state index in [1.807, 2.05) is 18.2 Å². The van der Waals surface area contributed by atoms with Crippen molar-refractivity contribution >= 4 is 23.2 Å². The minimum Gasteiger partial charge on any atom is -0.423 e. The monoisotopic (exact) mass is 358 g/mol. The molecule has 0 radical (unpaired) electrons. The Labute approximate surface area is 153 Å². The van der Waals surface area contributed by atoms with Crippen molar-refractivity contribution < 1.29 is 4.42 Å². The van der Waals surface area contributed by atoms with Crippen LogP contribution in [0.15, 0.2) is 28.7 Å². The fourth-order valence-electron chi connectivity index (χ4n) is 3.27. The number of oxazole rings is 1. The van der Waals surface area contributed by atoms with Gasteiger partial charge in [0.15, 0.2) is 0 Å². The van der Waals surface area contributed by atoms with Crippen LogP contribution in [0.2, 0.25) is 5.02 Å². The Kier molecular flexibility index (Phi) is 5.50. The number of hydrogen-bond acceptors (Lipinski definition) is 5. The van der Waals surface area contributed by atoms with Gasteiger partial charge in [0, 0.05) is 42.8 Å². The average Bonchev–Trinajstić information content (AvgIpc) is 3.07. The number of nitriles is 1. The van der Waals surface area contributed by atoms with Gasteiger partial charge in [-0.1, -0.05) is 31.5 Å². The number of halogens is 1. The van der Waals surface area contributed by atoms with Gasteiger partial charge in [-0.3, -0.25) is 0 Å². The van der Waals surface area contributed by atoms with Gasteiger partial charge in [-0.15, -0.1) is 0 Å². The molecule has 5 nitrogen and oxygen atoms in total. The van der Waals surface area contributed by atoms with E-state index in [4.69, 9.17) is 16.0 Å². The Morgan fingerprint density at radius 2 is 1.88 bits per heavy atom. The highest BCUT2D eigenvalue weighted by Gasteiger charge is 2.26. The average molecular weight is 359 g/mol. The van der Waals surface area contributed by atoms with E-state index >= 15 is 0 Å². The zero-order valence-electron chi connectivity index (χ0n) is 14.7. The molecule has 1 fully saturated rings. The number of benzene rings is 1. The van der Waals surface area contributed by atoms with Crippen LogP contribution in [0.1, 0.15) is 44.2 Å². The lowest BCUT2D eigenvalue weighted by Crippen LogP contribution is -2.46. The molecule has 0 unspecified atom stereocenters. The second-order valence-electron chi connectivity index (χ2n) is 6.29. The molecule has 1 saturated heterocycles. The van der Waals surface area contributed by atoms with Crippen molar-refractivity contribution in [2.45, 2.75) is 32.6 Å². The molecule has 2 aromatic rings. The maximum Gasteiger partial charge on any atom is 0.234 e. The van der Waals surface area contributed by atoms with Gasteiger partial charge in [-0.05, 0) is 31.0 Å². The van der Waals surface area contributed by atoms with Crippen molar-refractivity contribution in [3.63, 3.8) is 0 Å². The topological polar surface area (TPSA) is 56.3 Å². The van der Waals surface area contributed by atoms with Crippen molar-refractivity contribution in [1.29, 1.82) is 5.26 Å². The SMILES string of the molecule is CCC(CC)c1nc(C#N)c(N2CCN(c3cccc(Cl)c3)CC2)o1. The molecule has 0 saturated carbocycles. The highest BCUT2D eigenvalue weighted by Crippen LogP contribution is 2.30. The maximum absolute atomic E-state index is 9.43. The van der Waals surface area contributed by atoms with Gasteiger partial charge in [0.25, 0.3) is 0 Å². The maximum atomic E-state index is 9.43. The van der Waals surface area contributed by atoms with E-state index in [1.165, 1.54) is 0 Å². The van der Waals surface area contributed by atoms with Crippen LogP contribution < -0.4 is 9.80 Å². The number of nitrogens with zero attached hydrogens (tertiary/aromatic N) is 4. The predicted octanol–water partition coefficient (Wildman–Crippen LogP) is 4.43. The van der Waals surface area contributed by atoms with Crippen LogP contribution in [0.25, 0.3) is 0 Å². The molecule has 0 atom stereocenters. The fourth-order valence-corrected chi connectivity index (χ4v) is 3.45. The van der Waals surface area contributed by atoms with E-state index < -0.39 is 0 Å². The lowest BCUT2D eigenvalue weighted by molar-refractivity contribution is 0.425. The summed E-state index contributed by atoms with van der Waals surface area (Å²) in [6.07, 6.45) is 1.92. The first-order chi connectivity index (χ1) is 12.2. The van der Waals surface area contributed by atoms with E-state index in [9.17, 15) is 5.26 Å². The van der Waals surface area contributed by atoms with Crippen LogP contribution in [0.5, 0.6) is 0 Å². The van der Waals surface area contributed by atoms with Gasteiger partial charge in [-0.2, -0.15) is 5.26 Å². The third kappa shape index (κ3) is 3.74.